The molecule has 0 radical (unpaired) electrons. The third-order valence-electron chi connectivity index (χ3n) is 2.68. The smallest absolute Gasteiger partial charge is 0.140 e. The van der Waals surface area contributed by atoms with Crippen LogP contribution < -0.4 is 10.6 Å². The summed E-state index contributed by atoms with van der Waals surface area (Å²) in [4.78, 5) is 8.30. The van der Waals surface area contributed by atoms with Crippen molar-refractivity contribution in [3.05, 3.63) is 51.8 Å². The van der Waals surface area contributed by atoms with E-state index in [1.165, 1.54) is 5.56 Å². The van der Waals surface area contributed by atoms with Gasteiger partial charge >= 0.3 is 0 Å². The van der Waals surface area contributed by atoms with Crippen LogP contribution in [0.3, 0.4) is 0 Å². The molecular weight excluding hydrogens is 340 g/mol. The molecule has 0 fully saturated rings. The predicted octanol–water partition coefficient (Wildman–Crippen LogP) is 3.48. The standard InChI is InChI=1S/C14H16BrClN4/c15-13-7-12(16)10-20-14(13)19-6-2-5-18-9-11-3-1-4-17-8-11/h1,3-4,7-8,10,18H,2,5-6,9H2,(H,19,20). The Labute approximate surface area is 132 Å². The van der Waals surface area contributed by atoms with Gasteiger partial charge in [-0.15, -0.1) is 0 Å². The van der Waals surface area contributed by atoms with Crippen molar-refractivity contribution in [1.29, 1.82) is 0 Å². The van der Waals surface area contributed by atoms with Gasteiger partial charge in [0.2, 0.25) is 0 Å². The van der Waals surface area contributed by atoms with E-state index in [4.69, 9.17) is 11.6 Å². The van der Waals surface area contributed by atoms with Gasteiger partial charge in [-0.25, -0.2) is 4.98 Å². The molecule has 2 heterocycles. The van der Waals surface area contributed by atoms with Gasteiger partial charge in [0.05, 0.1) is 9.50 Å². The van der Waals surface area contributed by atoms with E-state index in [1.54, 1.807) is 12.4 Å². The zero-order valence-electron chi connectivity index (χ0n) is 10.9. The van der Waals surface area contributed by atoms with Crippen molar-refractivity contribution in [2.24, 2.45) is 0 Å². The molecule has 0 unspecified atom stereocenters. The number of halogens is 2. The second-order valence-electron chi connectivity index (χ2n) is 4.30. The van der Waals surface area contributed by atoms with Crippen molar-refractivity contribution in [2.75, 3.05) is 18.4 Å². The maximum atomic E-state index is 5.84. The molecule has 0 saturated carbocycles. The molecule has 0 amide bonds. The van der Waals surface area contributed by atoms with Gasteiger partial charge in [-0.05, 0) is 46.6 Å². The van der Waals surface area contributed by atoms with Crippen LogP contribution in [-0.2, 0) is 6.54 Å². The summed E-state index contributed by atoms with van der Waals surface area (Å²) in [6, 6.07) is 5.84. The van der Waals surface area contributed by atoms with Crippen LogP contribution in [0.1, 0.15) is 12.0 Å². The van der Waals surface area contributed by atoms with Crippen molar-refractivity contribution in [1.82, 2.24) is 15.3 Å². The molecule has 2 aromatic rings. The summed E-state index contributed by atoms with van der Waals surface area (Å²) in [6.07, 6.45) is 6.30. The second-order valence-corrected chi connectivity index (χ2v) is 5.59. The normalized spacial score (nSPS) is 10.5. The lowest BCUT2D eigenvalue weighted by molar-refractivity contribution is 0.661. The lowest BCUT2D eigenvalue weighted by Crippen LogP contribution is -2.18. The van der Waals surface area contributed by atoms with Crippen molar-refractivity contribution >= 4 is 33.3 Å². The van der Waals surface area contributed by atoms with E-state index in [-0.39, 0.29) is 0 Å². The Bertz CT molecular complexity index is 536. The fourth-order valence-corrected chi connectivity index (χ4v) is 2.48. The molecule has 0 aliphatic carbocycles. The highest BCUT2D eigenvalue weighted by Gasteiger charge is 2.01. The maximum absolute atomic E-state index is 5.84. The molecule has 4 nitrogen and oxygen atoms in total. The first-order valence-electron chi connectivity index (χ1n) is 6.40. The minimum atomic E-state index is 0.626. The molecule has 2 rings (SSSR count). The maximum Gasteiger partial charge on any atom is 0.140 e. The lowest BCUT2D eigenvalue weighted by atomic mass is 10.3. The molecule has 2 aromatic heterocycles. The van der Waals surface area contributed by atoms with Crippen LogP contribution in [0.4, 0.5) is 5.82 Å². The van der Waals surface area contributed by atoms with Crippen molar-refractivity contribution in [2.45, 2.75) is 13.0 Å². The Morgan fingerprint density at radius 1 is 1.25 bits per heavy atom. The first kappa shape index (κ1) is 15.2. The topological polar surface area (TPSA) is 49.8 Å². The van der Waals surface area contributed by atoms with Crippen LogP contribution in [0, 0.1) is 0 Å². The number of hydrogen-bond acceptors (Lipinski definition) is 4. The first-order valence-corrected chi connectivity index (χ1v) is 7.57. The molecule has 0 aliphatic rings. The number of anilines is 1. The molecule has 106 valence electrons. The summed E-state index contributed by atoms with van der Waals surface area (Å²) in [7, 11) is 0. The third kappa shape index (κ3) is 5.07. The van der Waals surface area contributed by atoms with Gasteiger partial charge < -0.3 is 10.6 Å². The fourth-order valence-electron chi connectivity index (χ4n) is 1.70. The second kappa shape index (κ2) is 8.19. The largest absolute Gasteiger partial charge is 0.369 e. The van der Waals surface area contributed by atoms with Gasteiger partial charge in [0.1, 0.15) is 5.82 Å². The van der Waals surface area contributed by atoms with E-state index < -0.39 is 0 Å². The van der Waals surface area contributed by atoms with E-state index in [0.29, 0.717) is 5.02 Å². The van der Waals surface area contributed by atoms with Gasteiger partial charge in [0, 0.05) is 31.7 Å². The number of nitrogens with zero attached hydrogens (tertiary/aromatic N) is 2. The molecule has 0 aromatic carbocycles. The summed E-state index contributed by atoms with van der Waals surface area (Å²) in [5.74, 6) is 0.821. The summed E-state index contributed by atoms with van der Waals surface area (Å²) >= 11 is 9.27. The van der Waals surface area contributed by atoms with Crippen LogP contribution >= 0.6 is 27.5 Å². The Morgan fingerprint density at radius 2 is 2.15 bits per heavy atom. The summed E-state index contributed by atoms with van der Waals surface area (Å²) in [5, 5.41) is 7.27. The van der Waals surface area contributed by atoms with E-state index in [0.717, 1.165) is 36.3 Å². The Morgan fingerprint density at radius 3 is 2.90 bits per heavy atom. The van der Waals surface area contributed by atoms with Crippen molar-refractivity contribution in [3.8, 4) is 0 Å². The van der Waals surface area contributed by atoms with Gasteiger partial charge in [0.15, 0.2) is 0 Å². The number of pyridine rings is 2. The van der Waals surface area contributed by atoms with Crippen LogP contribution in [0.5, 0.6) is 0 Å². The van der Waals surface area contributed by atoms with Crippen molar-refractivity contribution in [3.63, 3.8) is 0 Å². The van der Waals surface area contributed by atoms with E-state index in [9.17, 15) is 0 Å². The lowest BCUT2D eigenvalue weighted by Gasteiger charge is -2.08. The Hall–Kier alpha value is -1.17. The SMILES string of the molecule is Clc1cnc(NCCCNCc2cccnc2)c(Br)c1. The quantitative estimate of drug-likeness (QED) is 0.747. The Kier molecular flexibility index (Phi) is 6.24. The number of rotatable bonds is 7. The van der Waals surface area contributed by atoms with Crippen LogP contribution in [0.2, 0.25) is 5.02 Å². The minimum absolute atomic E-state index is 0.626. The molecule has 6 heteroatoms. The van der Waals surface area contributed by atoms with Crippen LogP contribution in [0.15, 0.2) is 41.3 Å². The van der Waals surface area contributed by atoms with E-state index in [2.05, 4.69) is 42.6 Å². The predicted molar refractivity (Wildman–Crippen MR) is 86.0 cm³/mol. The summed E-state index contributed by atoms with van der Waals surface area (Å²) < 4.78 is 0.883. The highest BCUT2D eigenvalue weighted by molar-refractivity contribution is 9.10. The van der Waals surface area contributed by atoms with Crippen LogP contribution in [-0.4, -0.2) is 23.1 Å². The molecule has 0 bridgehead atoms. The molecule has 0 saturated heterocycles. The minimum Gasteiger partial charge on any atom is -0.369 e. The first-order chi connectivity index (χ1) is 9.75. The molecule has 0 spiro atoms. The monoisotopic (exact) mass is 354 g/mol. The van der Waals surface area contributed by atoms with Crippen molar-refractivity contribution < 1.29 is 0 Å². The van der Waals surface area contributed by atoms with Gasteiger partial charge in [-0.2, -0.15) is 0 Å². The van der Waals surface area contributed by atoms with Gasteiger partial charge in [-0.1, -0.05) is 17.7 Å². The third-order valence-corrected chi connectivity index (χ3v) is 3.49. The molecular formula is C14H16BrClN4. The van der Waals surface area contributed by atoms with Gasteiger partial charge in [-0.3, -0.25) is 4.98 Å². The zero-order valence-corrected chi connectivity index (χ0v) is 13.3. The molecule has 2 N–H and O–H groups in total. The number of aromatic nitrogens is 2. The molecule has 0 atom stereocenters. The highest BCUT2D eigenvalue weighted by atomic mass is 79.9. The fraction of sp³-hybridized carbons (Fsp3) is 0.286. The average molecular weight is 356 g/mol. The molecule has 0 aliphatic heterocycles. The average Bonchev–Trinajstić information content (AvgIpc) is 2.46. The van der Waals surface area contributed by atoms with Gasteiger partial charge in [0.25, 0.3) is 0 Å². The summed E-state index contributed by atoms with van der Waals surface area (Å²) in [5.41, 5.74) is 1.20. The Balaban J connectivity index is 1.62. The number of hydrogen-bond donors (Lipinski definition) is 2. The van der Waals surface area contributed by atoms with E-state index in [1.807, 2.05) is 18.3 Å². The summed E-state index contributed by atoms with van der Waals surface area (Å²) in [6.45, 7) is 2.64. The highest BCUT2D eigenvalue weighted by Crippen LogP contribution is 2.22. The molecule has 20 heavy (non-hydrogen) atoms. The number of nitrogens with one attached hydrogen (secondary N) is 2. The zero-order chi connectivity index (χ0) is 14.2. The van der Waals surface area contributed by atoms with Crippen LogP contribution in [0.25, 0.3) is 0 Å². The van der Waals surface area contributed by atoms with E-state index >= 15 is 0 Å².